The fraction of sp³-hybridized carbons (Fsp3) is 0.222. The van der Waals surface area contributed by atoms with Gasteiger partial charge in [0, 0.05) is 12.5 Å². The third kappa shape index (κ3) is 2.59. The molecule has 0 saturated carbocycles. The average Bonchev–Trinajstić information content (AvgIpc) is 2.86. The molecule has 2 aromatic carbocycles. The Balaban J connectivity index is 2.12. The van der Waals surface area contributed by atoms with Crippen LogP contribution in [0, 0.1) is 25.3 Å². The molecule has 0 aromatic heterocycles. The van der Waals surface area contributed by atoms with Crippen LogP contribution >= 0.6 is 0 Å². The van der Waals surface area contributed by atoms with Crippen molar-refractivity contribution in [3.63, 3.8) is 0 Å². The lowest BCUT2D eigenvalue weighted by Gasteiger charge is -2.34. The molecule has 1 unspecified atom stereocenters. The first-order chi connectivity index (χ1) is 11.0. The molecule has 0 radical (unpaired) electrons. The second-order valence-electron chi connectivity index (χ2n) is 5.62. The molecular weight excluding hydrogens is 288 g/mol. The molecule has 5 nitrogen and oxygen atoms in total. The van der Waals surface area contributed by atoms with Crippen molar-refractivity contribution >= 4 is 11.6 Å². The summed E-state index contributed by atoms with van der Waals surface area (Å²) in [5.41, 5.74) is 3.95. The molecule has 1 heterocycles. The molecule has 1 atom stereocenters. The molecule has 1 aliphatic heterocycles. The summed E-state index contributed by atoms with van der Waals surface area (Å²) in [6.07, 6.45) is 2.01. The number of nitrogens with one attached hydrogen (secondary N) is 1. The van der Waals surface area contributed by atoms with E-state index in [1.807, 2.05) is 68.6 Å². The Kier molecular flexibility index (Phi) is 3.67. The fourth-order valence-electron chi connectivity index (χ4n) is 2.60. The maximum absolute atomic E-state index is 9.28. The topological polar surface area (TPSA) is 60.7 Å². The number of nitrogens with zero attached hydrogens (tertiary/aromatic N) is 3. The van der Waals surface area contributed by atoms with Crippen LogP contribution in [0.25, 0.3) is 0 Å². The van der Waals surface area contributed by atoms with Crippen LogP contribution in [0.1, 0.15) is 23.6 Å². The van der Waals surface area contributed by atoms with Crippen LogP contribution in [0.3, 0.4) is 0 Å². The molecule has 0 spiro atoms. The number of benzene rings is 2. The van der Waals surface area contributed by atoms with Gasteiger partial charge in [-0.2, -0.15) is 10.3 Å². The van der Waals surface area contributed by atoms with Crippen molar-refractivity contribution in [3.8, 4) is 6.19 Å². The lowest BCUT2D eigenvalue weighted by molar-refractivity contribution is 0.0517. The van der Waals surface area contributed by atoms with Crippen LogP contribution in [0.5, 0.6) is 0 Å². The number of hydrogen-bond donors (Lipinski definition) is 1. The van der Waals surface area contributed by atoms with Gasteiger partial charge in [-0.15, -0.1) is 5.10 Å². The predicted octanol–water partition coefficient (Wildman–Crippen LogP) is 3.35. The van der Waals surface area contributed by atoms with Gasteiger partial charge in [0.25, 0.3) is 0 Å². The molecule has 0 bridgehead atoms. The molecule has 0 fully saturated rings. The van der Waals surface area contributed by atoms with E-state index in [4.69, 9.17) is 4.74 Å². The van der Waals surface area contributed by atoms with Gasteiger partial charge in [-0.25, -0.2) is 0 Å². The van der Waals surface area contributed by atoms with E-state index in [0.717, 1.165) is 22.4 Å². The van der Waals surface area contributed by atoms with Crippen molar-refractivity contribution in [3.05, 3.63) is 65.2 Å². The van der Waals surface area contributed by atoms with Crippen LogP contribution < -0.4 is 10.3 Å². The molecule has 0 aliphatic carbocycles. The summed E-state index contributed by atoms with van der Waals surface area (Å²) in [5, 5.41) is 18.2. The molecular formula is C18H18N4O. The summed E-state index contributed by atoms with van der Waals surface area (Å²) in [5.74, 6) is -0.671. The third-order valence-electron chi connectivity index (χ3n) is 3.78. The van der Waals surface area contributed by atoms with E-state index >= 15 is 0 Å². The number of anilines is 1. The van der Waals surface area contributed by atoms with Gasteiger partial charge in [-0.05, 0) is 26.0 Å². The summed E-state index contributed by atoms with van der Waals surface area (Å²) in [7, 11) is 0. The van der Waals surface area contributed by atoms with Crippen LogP contribution in [0.2, 0.25) is 0 Å². The highest BCUT2D eigenvalue weighted by Gasteiger charge is 2.47. The quantitative estimate of drug-likeness (QED) is 0.698. The zero-order chi connectivity index (χ0) is 16.4. The van der Waals surface area contributed by atoms with Gasteiger partial charge in [-0.1, -0.05) is 47.5 Å². The smallest absolute Gasteiger partial charge is 0.318 e. The molecule has 1 N–H and O–H groups in total. The van der Waals surface area contributed by atoms with Gasteiger partial charge in [0.1, 0.15) is 0 Å². The van der Waals surface area contributed by atoms with Crippen molar-refractivity contribution in [2.24, 2.45) is 5.10 Å². The average molecular weight is 306 g/mol. The van der Waals surface area contributed by atoms with E-state index in [9.17, 15) is 5.26 Å². The van der Waals surface area contributed by atoms with Gasteiger partial charge in [0.05, 0.1) is 5.69 Å². The Bertz CT molecular complexity index is 774. The monoisotopic (exact) mass is 306 g/mol. The first-order valence-corrected chi connectivity index (χ1v) is 7.40. The number of aryl methyl sites for hydroxylation is 2. The minimum atomic E-state index is -1.16. The van der Waals surface area contributed by atoms with Gasteiger partial charge >= 0.3 is 5.85 Å². The van der Waals surface area contributed by atoms with Crippen LogP contribution in [0.15, 0.2) is 53.6 Å². The molecule has 5 heteroatoms. The molecule has 116 valence electrons. The maximum Gasteiger partial charge on any atom is 0.318 e. The minimum absolute atomic E-state index is 0.494. The summed E-state index contributed by atoms with van der Waals surface area (Å²) in [6.45, 7) is 5.82. The van der Waals surface area contributed by atoms with E-state index < -0.39 is 5.85 Å². The maximum atomic E-state index is 9.28. The Morgan fingerprint density at radius 2 is 1.57 bits per heavy atom. The fourth-order valence-corrected chi connectivity index (χ4v) is 2.60. The number of nitriles is 1. The van der Waals surface area contributed by atoms with Crippen molar-refractivity contribution in [2.45, 2.75) is 26.6 Å². The highest BCUT2D eigenvalue weighted by molar-refractivity contribution is 5.78. The van der Waals surface area contributed by atoms with Crippen LogP contribution in [-0.4, -0.2) is 5.90 Å². The Hall–Kier alpha value is -3.00. The van der Waals surface area contributed by atoms with Gasteiger partial charge in [0.15, 0.2) is 6.19 Å². The molecule has 3 rings (SSSR count). The first-order valence-electron chi connectivity index (χ1n) is 7.40. The number of hydrazone groups is 1. The standard InChI is InChI=1S/C18H18N4O/c1-13-4-8-16(9-5-13)18(20-12-19)22(21-15(3)23-18)17-10-6-14(2)7-11-17/h4-11,20H,1-3H3. The van der Waals surface area contributed by atoms with Crippen molar-refractivity contribution in [2.75, 3.05) is 5.01 Å². The molecule has 2 aromatic rings. The zero-order valence-electron chi connectivity index (χ0n) is 13.4. The van der Waals surface area contributed by atoms with E-state index in [-0.39, 0.29) is 0 Å². The normalized spacial score (nSPS) is 19.7. The number of rotatable bonds is 3. The summed E-state index contributed by atoms with van der Waals surface area (Å²) < 4.78 is 5.95. The van der Waals surface area contributed by atoms with Gasteiger partial charge in [0.2, 0.25) is 5.90 Å². The zero-order valence-corrected chi connectivity index (χ0v) is 13.4. The Labute approximate surface area is 135 Å². The molecule has 1 aliphatic rings. The Morgan fingerprint density at radius 3 is 2.13 bits per heavy atom. The number of ether oxygens (including phenoxy) is 1. The van der Waals surface area contributed by atoms with Gasteiger partial charge in [-0.3, -0.25) is 5.32 Å². The lowest BCUT2D eigenvalue weighted by atomic mass is 10.1. The number of hydrogen-bond acceptors (Lipinski definition) is 5. The summed E-state index contributed by atoms with van der Waals surface area (Å²) in [6, 6.07) is 15.8. The largest absolute Gasteiger partial charge is 0.429 e. The van der Waals surface area contributed by atoms with E-state index in [1.54, 1.807) is 11.9 Å². The summed E-state index contributed by atoms with van der Waals surface area (Å²) in [4.78, 5) is 0. The highest BCUT2D eigenvalue weighted by Crippen LogP contribution is 2.37. The van der Waals surface area contributed by atoms with Crippen molar-refractivity contribution in [1.29, 1.82) is 5.26 Å². The van der Waals surface area contributed by atoms with E-state index in [2.05, 4.69) is 10.4 Å². The SMILES string of the molecule is CC1=NN(c2ccc(C)cc2)C(NC#N)(c2ccc(C)cc2)O1. The first kappa shape index (κ1) is 14.9. The second kappa shape index (κ2) is 5.65. The third-order valence-corrected chi connectivity index (χ3v) is 3.78. The van der Waals surface area contributed by atoms with Crippen molar-refractivity contribution < 1.29 is 4.74 Å². The molecule has 0 amide bonds. The lowest BCUT2D eigenvalue weighted by Crippen LogP contribution is -2.52. The summed E-state index contributed by atoms with van der Waals surface area (Å²) >= 11 is 0. The molecule has 0 saturated heterocycles. The van der Waals surface area contributed by atoms with Gasteiger partial charge < -0.3 is 4.74 Å². The predicted molar refractivity (Wildman–Crippen MR) is 89.5 cm³/mol. The molecule has 23 heavy (non-hydrogen) atoms. The van der Waals surface area contributed by atoms with Crippen molar-refractivity contribution in [1.82, 2.24) is 5.32 Å². The van der Waals surface area contributed by atoms with E-state index in [1.165, 1.54) is 0 Å². The highest BCUT2D eigenvalue weighted by atomic mass is 16.6. The minimum Gasteiger partial charge on any atom is -0.429 e. The van der Waals surface area contributed by atoms with Crippen LogP contribution in [0.4, 0.5) is 5.69 Å². The van der Waals surface area contributed by atoms with E-state index in [0.29, 0.717) is 5.90 Å². The van der Waals surface area contributed by atoms with Crippen LogP contribution in [-0.2, 0) is 10.6 Å². The second-order valence-corrected chi connectivity index (χ2v) is 5.62. The Morgan fingerprint density at radius 1 is 1.00 bits per heavy atom.